The third-order valence-electron chi connectivity index (χ3n) is 5.44. The van der Waals surface area contributed by atoms with E-state index in [9.17, 15) is 5.11 Å². The van der Waals surface area contributed by atoms with Gasteiger partial charge in [-0.05, 0) is 17.7 Å². The van der Waals surface area contributed by atoms with Crippen LogP contribution in [0, 0.1) is 0 Å². The molecular weight excluding hydrogens is 406 g/mol. The molecule has 8 heteroatoms. The molecule has 2 aromatic heterocycles. The number of ether oxygens (including phenoxy) is 2. The second-order valence-electron chi connectivity index (χ2n) is 7.61. The lowest BCUT2D eigenvalue weighted by atomic mass is 10.1. The Morgan fingerprint density at radius 2 is 1.84 bits per heavy atom. The zero-order valence-corrected chi connectivity index (χ0v) is 17.7. The van der Waals surface area contributed by atoms with Crippen molar-refractivity contribution in [3.05, 3.63) is 66.5 Å². The van der Waals surface area contributed by atoms with Crippen LogP contribution in [0.15, 0.2) is 60.9 Å². The van der Waals surface area contributed by atoms with Crippen molar-refractivity contribution in [3.63, 3.8) is 0 Å². The van der Waals surface area contributed by atoms with Crippen molar-refractivity contribution in [1.29, 1.82) is 0 Å². The van der Waals surface area contributed by atoms with Gasteiger partial charge in [-0.2, -0.15) is 4.98 Å². The van der Waals surface area contributed by atoms with Gasteiger partial charge in [0, 0.05) is 25.2 Å². The summed E-state index contributed by atoms with van der Waals surface area (Å²) >= 11 is 0. The molecule has 0 bridgehead atoms. The fourth-order valence-corrected chi connectivity index (χ4v) is 3.78. The zero-order valence-electron chi connectivity index (χ0n) is 17.7. The summed E-state index contributed by atoms with van der Waals surface area (Å²) in [5.74, 6) is 1.41. The summed E-state index contributed by atoms with van der Waals surface area (Å²) in [6.45, 7) is 3.70. The molecule has 1 aliphatic rings. The molecule has 1 N–H and O–H groups in total. The largest absolute Gasteiger partial charge is 0.489 e. The Morgan fingerprint density at radius 1 is 1.00 bits per heavy atom. The van der Waals surface area contributed by atoms with Crippen LogP contribution in [0.25, 0.3) is 22.4 Å². The van der Waals surface area contributed by atoms with Crippen molar-refractivity contribution in [3.8, 4) is 17.0 Å². The maximum absolute atomic E-state index is 9.46. The Morgan fingerprint density at radius 3 is 2.66 bits per heavy atom. The molecule has 1 aliphatic heterocycles. The van der Waals surface area contributed by atoms with Crippen molar-refractivity contribution in [2.45, 2.75) is 13.2 Å². The van der Waals surface area contributed by atoms with E-state index < -0.39 is 0 Å². The molecule has 4 aromatic rings. The van der Waals surface area contributed by atoms with Gasteiger partial charge in [-0.1, -0.05) is 42.5 Å². The van der Waals surface area contributed by atoms with Gasteiger partial charge in [-0.3, -0.25) is 0 Å². The number of aliphatic hydroxyl groups excluding tert-OH is 1. The lowest BCUT2D eigenvalue weighted by Crippen LogP contribution is -2.37. The van der Waals surface area contributed by atoms with Crippen LogP contribution >= 0.6 is 0 Å². The van der Waals surface area contributed by atoms with Crippen LogP contribution in [0.5, 0.6) is 5.75 Å². The number of fused-ring (bicyclic) bond motifs is 1. The minimum atomic E-state index is 0.0144. The summed E-state index contributed by atoms with van der Waals surface area (Å²) in [6, 6.07) is 18.0. The molecule has 0 amide bonds. The molecule has 8 nitrogen and oxygen atoms in total. The summed E-state index contributed by atoms with van der Waals surface area (Å²) in [7, 11) is 0. The zero-order chi connectivity index (χ0) is 21.8. The van der Waals surface area contributed by atoms with Gasteiger partial charge in [-0.25, -0.2) is 9.97 Å². The van der Waals surface area contributed by atoms with Gasteiger partial charge in [-0.15, -0.1) is 0 Å². The van der Waals surface area contributed by atoms with Crippen molar-refractivity contribution in [2.24, 2.45) is 0 Å². The Bertz CT molecular complexity index is 1190. The molecule has 1 saturated heterocycles. The van der Waals surface area contributed by atoms with Gasteiger partial charge in [0.1, 0.15) is 23.6 Å². The standard InChI is InChI=1S/C24H25N5O3/c30-12-9-29-17-25-22-21(26-24(27-23(22)29)28-10-13-31-14-11-28)19-7-4-8-20(15-19)32-16-18-5-2-1-3-6-18/h1-8,15,17,30H,9-14,16H2. The molecule has 32 heavy (non-hydrogen) atoms. The predicted octanol–water partition coefficient (Wildman–Crippen LogP) is 2.90. The molecule has 0 atom stereocenters. The van der Waals surface area contributed by atoms with Gasteiger partial charge in [0.2, 0.25) is 5.95 Å². The number of nitrogens with zero attached hydrogens (tertiary/aromatic N) is 5. The van der Waals surface area contributed by atoms with Crippen LogP contribution in [-0.4, -0.2) is 57.5 Å². The summed E-state index contributed by atoms with van der Waals surface area (Å²) in [6.07, 6.45) is 1.71. The summed E-state index contributed by atoms with van der Waals surface area (Å²) in [5, 5.41) is 9.46. The van der Waals surface area contributed by atoms with Crippen LogP contribution < -0.4 is 9.64 Å². The SMILES string of the molecule is OCCn1cnc2c(-c3cccc(OCc4ccccc4)c3)nc(N3CCOCC3)nc21. The second kappa shape index (κ2) is 9.33. The monoisotopic (exact) mass is 431 g/mol. The fourth-order valence-electron chi connectivity index (χ4n) is 3.78. The number of aromatic nitrogens is 4. The van der Waals surface area contributed by atoms with Crippen LogP contribution in [0.1, 0.15) is 5.56 Å². The first-order valence-electron chi connectivity index (χ1n) is 10.8. The number of anilines is 1. The van der Waals surface area contributed by atoms with E-state index in [2.05, 4.69) is 9.88 Å². The first kappa shape index (κ1) is 20.4. The third-order valence-corrected chi connectivity index (χ3v) is 5.44. The van der Waals surface area contributed by atoms with Crippen molar-refractivity contribution < 1.29 is 14.6 Å². The average Bonchev–Trinajstić information content (AvgIpc) is 3.26. The fraction of sp³-hybridized carbons (Fsp3) is 0.292. The summed E-state index contributed by atoms with van der Waals surface area (Å²) < 4.78 is 13.4. The lowest BCUT2D eigenvalue weighted by Gasteiger charge is -2.27. The Labute approximate surface area is 186 Å². The Kier molecular flexibility index (Phi) is 5.96. The minimum Gasteiger partial charge on any atom is -0.489 e. The Hall–Kier alpha value is -3.49. The van der Waals surface area contributed by atoms with E-state index >= 15 is 0 Å². The van der Waals surface area contributed by atoms with Gasteiger partial charge in [0.05, 0.1) is 26.1 Å². The number of hydrogen-bond donors (Lipinski definition) is 1. The number of benzene rings is 2. The van der Waals surface area contributed by atoms with E-state index in [1.54, 1.807) is 6.33 Å². The number of imidazole rings is 1. The van der Waals surface area contributed by atoms with Gasteiger partial charge in [0.15, 0.2) is 5.65 Å². The van der Waals surface area contributed by atoms with Crippen LogP contribution in [-0.2, 0) is 17.9 Å². The van der Waals surface area contributed by atoms with E-state index in [-0.39, 0.29) is 6.61 Å². The highest BCUT2D eigenvalue weighted by Gasteiger charge is 2.20. The summed E-state index contributed by atoms with van der Waals surface area (Å²) in [5.41, 5.74) is 4.18. The van der Waals surface area contributed by atoms with Crippen molar-refractivity contribution in [2.75, 3.05) is 37.8 Å². The molecule has 3 heterocycles. The number of aliphatic hydroxyl groups is 1. The normalized spacial score (nSPS) is 14.1. The smallest absolute Gasteiger partial charge is 0.228 e. The predicted molar refractivity (Wildman–Crippen MR) is 122 cm³/mol. The molecular formula is C24H25N5O3. The van der Waals surface area contributed by atoms with E-state index in [1.807, 2.05) is 59.2 Å². The van der Waals surface area contributed by atoms with Crippen molar-refractivity contribution >= 4 is 17.1 Å². The first-order valence-corrected chi connectivity index (χ1v) is 10.8. The van der Waals surface area contributed by atoms with E-state index in [0.717, 1.165) is 35.7 Å². The van der Waals surface area contributed by atoms with Gasteiger partial charge < -0.3 is 24.0 Å². The third kappa shape index (κ3) is 4.28. The summed E-state index contributed by atoms with van der Waals surface area (Å²) in [4.78, 5) is 16.4. The highest BCUT2D eigenvalue weighted by atomic mass is 16.5. The molecule has 0 aliphatic carbocycles. The van der Waals surface area contributed by atoms with E-state index in [1.165, 1.54) is 0 Å². The van der Waals surface area contributed by atoms with Gasteiger partial charge >= 0.3 is 0 Å². The maximum atomic E-state index is 9.46. The lowest BCUT2D eigenvalue weighted by molar-refractivity contribution is 0.122. The molecule has 0 saturated carbocycles. The quantitative estimate of drug-likeness (QED) is 0.482. The Balaban J connectivity index is 1.52. The van der Waals surface area contributed by atoms with E-state index in [0.29, 0.717) is 43.5 Å². The molecule has 164 valence electrons. The number of morpholine rings is 1. The molecule has 5 rings (SSSR count). The highest BCUT2D eigenvalue weighted by molar-refractivity contribution is 5.88. The minimum absolute atomic E-state index is 0.0144. The second-order valence-corrected chi connectivity index (χ2v) is 7.61. The maximum Gasteiger partial charge on any atom is 0.228 e. The van der Waals surface area contributed by atoms with Crippen LogP contribution in [0.2, 0.25) is 0 Å². The van der Waals surface area contributed by atoms with E-state index in [4.69, 9.17) is 19.4 Å². The topological polar surface area (TPSA) is 85.5 Å². The van der Waals surface area contributed by atoms with Gasteiger partial charge in [0.25, 0.3) is 0 Å². The van der Waals surface area contributed by atoms with Crippen molar-refractivity contribution in [1.82, 2.24) is 19.5 Å². The van der Waals surface area contributed by atoms with Crippen LogP contribution in [0.3, 0.4) is 0 Å². The first-order chi connectivity index (χ1) is 15.8. The average molecular weight is 431 g/mol. The molecule has 0 unspecified atom stereocenters. The number of hydrogen-bond acceptors (Lipinski definition) is 7. The molecule has 2 aromatic carbocycles. The molecule has 1 fully saturated rings. The highest BCUT2D eigenvalue weighted by Crippen LogP contribution is 2.30. The number of rotatable bonds is 7. The molecule has 0 spiro atoms. The molecule has 0 radical (unpaired) electrons. The van der Waals surface area contributed by atoms with Crippen LogP contribution in [0.4, 0.5) is 5.95 Å².